The van der Waals surface area contributed by atoms with Crippen molar-refractivity contribution < 1.29 is 9.32 Å². The number of hydrogen-bond acceptors (Lipinski definition) is 5. The zero-order valence-corrected chi connectivity index (χ0v) is 15.5. The maximum absolute atomic E-state index is 12.6. The molecule has 0 spiro atoms. The lowest BCUT2D eigenvalue weighted by Gasteiger charge is -2.31. The minimum Gasteiger partial charge on any atom is -0.342 e. The highest BCUT2D eigenvalue weighted by molar-refractivity contribution is 7.10. The largest absolute Gasteiger partial charge is 0.342 e. The van der Waals surface area contributed by atoms with Gasteiger partial charge in [0.2, 0.25) is 17.6 Å². The Labute approximate surface area is 156 Å². The minimum absolute atomic E-state index is 0.113. The number of carbonyl (C=O) groups excluding carboxylic acids is 1. The van der Waals surface area contributed by atoms with Gasteiger partial charge in [0, 0.05) is 23.5 Å². The second-order valence-corrected chi connectivity index (χ2v) is 7.79. The van der Waals surface area contributed by atoms with Crippen LogP contribution in [-0.2, 0) is 11.2 Å². The molecule has 1 fully saturated rings. The molecule has 6 heteroatoms. The van der Waals surface area contributed by atoms with E-state index in [2.05, 4.69) is 10.1 Å². The van der Waals surface area contributed by atoms with E-state index in [0.29, 0.717) is 24.7 Å². The van der Waals surface area contributed by atoms with Crippen LogP contribution in [0.25, 0.3) is 11.4 Å². The van der Waals surface area contributed by atoms with Gasteiger partial charge in [-0.3, -0.25) is 4.79 Å². The Balaban J connectivity index is 1.45. The number of nitrogens with zero attached hydrogens (tertiary/aromatic N) is 3. The molecule has 1 aliphatic heterocycles. The minimum atomic E-state index is 0.113. The third-order valence-electron chi connectivity index (χ3n) is 4.75. The van der Waals surface area contributed by atoms with Crippen LogP contribution in [0.1, 0.15) is 35.1 Å². The van der Waals surface area contributed by atoms with Crippen molar-refractivity contribution in [2.24, 2.45) is 0 Å². The molecule has 1 aromatic carbocycles. The molecule has 1 atom stereocenters. The average molecular weight is 367 g/mol. The Morgan fingerprint density at radius 2 is 2.27 bits per heavy atom. The number of thiophene rings is 1. The smallest absolute Gasteiger partial charge is 0.231 e. The summed E-state index contributed by atoms with van der Waals surface area (Å²) >= 11 is 1.63. The lowest BCUT2D eigenvalue weighted by molar-refractivity contribution is -0.131. The van der Waals surface area contributed by atoms with Crippen molar-refractivity contribution in [3.63, 3.8) is 0 Å². The van der Waals surface area contributed by atoms with E-state index in [-0.39, 0.29) is 11.8 Å². The first-order valence-corrected chi connectivity index (χ1v) is 9.78. The summed E-state index contributed by atoms with van der Waals surface area (Å²) in [6.45, 7) is 3.50. The SMILES string of the molecule is Cc1cccc(-c2noc(C3CCCN(C(=O)Cc4cccs4)C3)n2)c1. The third kappa shape index (κ3) is 3.70. The molecule has 26 heavy (non-hydrogen) atoms. The Hall–Kier alpha value is -2.47. The number of aromatic nitrogens is 2. The van der Waals surface area contributed by atoms with Crippen molar-refractivity contribution in [1.29, 1.82) is 0 Å². The fourth-order valence-corrected chi connectivity index (χ4v) is 4.08. The number of carbonyl (C=O) groups is 1. The summed E-state index contributed by atoms with van der Waals surface area (Å²) < 4.78 is 5.54. The molecular formula is C20H21N3O2S. The van der Waals surface area contributed by atoms with Gasteiger partial charge >= 0.3 is 0 Å². The topological polar surface area (TPSA) is 59.2 Å². The van der Waals surface area contributed by atoms with Gasteiger partial charge in [0.25, 0.3) is 0 Å². The van der Waals surface area contributed by atoms with Gasteiger partial charge in [-0.05, 0) is 37.3 Å². The summed E-state index contributed by atoms with van der Waals surface area (Å²) in [6.07, 6.45) is 2.41. The maximum Gasteiger partial charge on any atom is 0.231 e. The van der Waals surface area contributed by atoms with Crippen LogP contribution in [0.15, 0.2) is 46.3 Å². The molecule has 134 valence electrons. The molecule has 2 aromatic heterocycles. The second kappa shape index (κ2) is 7.41. The summed E-state index contributed by atoms with van der Waals surface area (Å²) in [4.78, 5) is 20.2. The molecule has 4 rings (SSSR count). The lowest BCUT2D eigenvalue weighted by Crippen LogP contribution is -2.39. The number of piperidine rings is 1. The van der Waals surface area contributed by atoms with Crippen LogP contribution in [0.2, 0.25) is 0 Å². The molecule has 5 nitrogen and oxygen atoms in total. The van der Waals surface area contributed by atoms with E-state index in [1.54, 1.807) is 11.3 Å². The summed E-state index contributed by atoms with van der Waals surface area (Å²) in [5, 5.41) is 6.15. The predicted octanol–water partition coefficient (Wildman–Crippen LogP) is 4.06. The van der Waals surface area contributed by atoms with Crippen molar-refractivity contribution in [3.8, 4) is 11.4 Å². The van der Waals surface area contributed by atoms with E-state index >= 15 is 0 Å². The maximum atomic E-state index is 12.6. The molecule has 1 aliphatic rings. The van der Waals surface area contributed by atoms with Gasteiger partial charge in [-0.1, -0.05) is 35.0 Å². The number of amides is 1. The molecule has 1 unspecified atom stereocenters. The highest BCUT2D eigenvalue weighted by Crippen LogP contribution is 2.28. The Morgan fingerprint density at radius 1 is 1.35 bits per heavy atom. The summed E-state index contributed by atoms with van der Waals surface area (Å²) in [5.41, 5.74) is 2.12. The van der Waals surface area contributed by atoms with Crippen LogP contribution in [0.4, 0.5) is 0 Å². The standard InChI is InChI=1S/C20H21N3O2S/c1-14-5-2-6-15(11-14)19-21-20(25-22-19)16-7-3-9-23(13-16)18(24)12-17-8-4-10-26-17/h2,4-6,8,10-11,16H,3,7,9,12-13H2,1H3. The van der Waals surface area contributed by atoms with Gasteiger partial charge in [0.15, 0.2) is 0 Å². The average Bonchev–Trinajstić information content (AvgIpc) is 3.34. The molecule has 0 radical (unpaired) electrons. The van der Waals surface area contributed by atoms with Crippen LogP contribution in [0.3, 0.4) is 0 Å². The highest BCUT2D eigenvalue weighted by Gasteiger charge is 2.28. The quantitative estimate of drug-likeness (QED) is 0.698. The van der Waals surface area contributed by atoms with Gasteiger partial charge in [-0.15, -0.1) is 11.3 Å². The summed E-state index contributed by atoms with van der Waals surface area (Å²) in [7, 11) is 0. The lowest BCUT2D eigenvalue weighted by atomic mass is 9.97. The molecule has 0 N–H and O–H groups in total. The summed E-state index contributed by atoms with van der Waals surface area (Å²) in [5.74, 6) is 1.54. The van der Waals surface area contributed by atoms with E-state index in [1.807, 2.05) is 53.6 Å². The molecule has 0 saturated carbocycles. The predicted molar refractivity (Wildman–Crippen MR) is 101 cm³/mol. The molecule has 0 aliphatic carbocycles. The fraction of sp³-hybridized carbons (Fsp3) is 0.350. The molecule has 1 amide bonds. The van der Waals surface area contributed by atoms with Gasteiger partial charge in [-0.25, -0.2) is 0 Å². The number of hydrogen-bond donors (Lipinski definition) is 0. The number of rotatable bonds is 4. The molecule has 0 bridgehead atoms. The molecular weight excluding hydrogens is 346 g/mol. The van der Waals surface area contributed by atoms with Gasteiger partial charge in [-0.2, -0.15) is 4.98 Å². The Bertz CT molecular complexity index is 888. The molecule has 3 aromatic rings. The van der Waals surface area contributed by atoms with Crippen molar-refractivity contribution >= 4 is 17.2 Å². The van der Waals surface area contributed by atoms with Gasteiger partial charge in [0.05, 0.1) is 12.3 Å². The zero-order chi connectivity index (χ0) is 17.9. The van der Waals surface area contributed by atoms with Crippen LogP contribution in [-0.4, -0.2) is 34.0 Å². The van der Waals surface area contributed by atoms with E-state index in [9.17, 15) is 4.79 Å². The number of likely N-dealkylation sites (tertiary alicyclic amines) is 1. The Morgan fingerprint density at radius 3 is 3.08 bits per heavy atom. The van der Waals surface area contributed by atoms with Gasteiger partial charge < -0.3 is 9.42 Å². The number of benzene rings is 1. The highest BCUT2D eigenvalue weighted by atomic mass is 32.1. The van der Waals surface area contributed by atoms with Crippen LogP contribution in [0.5, 0.6) is 0 Å². The van der Waals surface area contributed by atoms with Crippen molar-refractivity contribution in [2.45, 2.75) is 32.1 Å². The van der Waals surface area contributed by atoms with Crippen LogP contribution >= 0.6 is 11.3 Å². The van der Waals surface area contributed by atoms with E-state index in [1.165, 1.54) is 0 Å². The van der Waals surface area contributed by atoms with E-state index < -0.39 is 0 Å². The Kier molecular flexibility index (Phi) is 4.84. The number of aryl methyl sites for hydroxylation is 1. The molecule has 3 heterocycles. The second-order valence-electron chi connectivity index (χ2n) is 6.76. The zero-order valence-electron chi connectivity index (χ0n) is 14.7. The van der Waals surface area contributed by atoms with Crippen molar-refractivity contribution in [1.82, 2.24) is 15.0 Å². The molecule has 1 saturated heterocycles. The van der Waals surface area contributed by atoms with Crippen LogP contribution < -0.4 is 0 Å². The first-order valence-electron chi connectivity index (χ1n) is 8.90. The summed E-state index contributed by atoms with van der Waals surface area (Å²) in [6, 6.07) is 12.1. The van der Waals surface area contributed by atoms with Crippen molar-refractivity contribution in [2.75, 3.05) is 13.1 Å². The van der Waals surface area contributed by atoms with Crippen molar-refractivity contribution in [3.05, 3.63) is 58.1 Å². The van der Waals surface area contributed by atoms with E-state index in [0.717, 1.165) is 35.4 Å². The van der Waals surface area contributed by atoms with Gasteiger partial charge in [0.1, 0.15) is 0 Å². The monoisotopic (exact) mass is 367 g/mol. The first-order chi connectivity index (χ1) is 12.7. The van der Waals surface area contributed by atoms with E-state index in [4.69, 9.17) is 4.52 Å². The first kappa shape index (κ1) is 17.0. The third-order valence-corrected chi connectivity index (χ3v) is 5.62. The van der Waals surface area contributed by atoms with Crippen LogP contribution in [0, 0.1) is 6.92 Å². The fourth-order valence-electron chi connectivity index (χ4n) is 3.38. The normalized spacial score (nSPS) is 17.4.